The number of rotatable bonds is 6. The molecule has 5 N–H and O–H groups in total. The number of hydrogen-bond donors (Lipinski definition) is 4. The van der Waals surface area contributed by atoms with Gasteiger partial charge in [-0.25, -0.2) is 4.79 Å². The van der Waals surface area contributed by atoms with Crippen molar-refractivity contribution in [1.29, 1.82) is 0 Å². The van der Waals surface area contributed by atoms with E-state index in [4.69, 9.17) is 17.3 Å². The molecule has 1 aliphatic heterocycles. The number of nitrogens with zero attached hydrogens (tertiary/aromatic N) is 1. The topological polar surface area (TPSA) is 86.2 Å². The van der Waals surface area contributed by atoms with Gasteiger partial charge >= 0.3 is 6.03 Å². The van der Waals surface area contributed by atoms with Gasteiger partial charge in [-0.15, -0.1) is 0 Å². The van der Waals surface area contributed by atoms with Crippen molar-refractivity contribution in [2.45, 2.75) is 23.4 Å². The number of halogens is 1. The van der Waals surface area contributed by atoms with Crippen LogP contribution in [0.2, 0.25) is 5.02 Å². The van der Waals surface area contributed by atoms with Gasteiger partial charge in [-0.3, -0.25) is 0 Å². The first kappa shape index (κ1) is 21.7. The number of nitrogens with two attached hydrogens (primary N) is 1. The lowest BCUT2D eigenvalue weighted by Crippen LogP contribution is -2.47. The Bertz CT molecular complexity index is 1310. The van der Waals surface area contributed by atoms with Crippen LogP contribution in [0.25, 0.3) is 10.9 Å². The van der Waals surface area contributed by atoms with Crippen molar-refractivity contribution >= 4 is 51.7 Å². The zero-order valence-electron chi connectivity index (χ0n) is 17.8. The highest BCUT2D eigenvalue weighted by atomic mass is 35.5. The van der Waals surface area contributed by atoms with E-state index in [9.17, 15) is 4.79 Å². The highest BCUT2D eigenvalue weighted by Crippen LogP contribution is 2.49. The lowest BCUT2D eigenvalue weighted by molar-refractivity contribution is 0.240. The summed E-state index contributed by atoms with van der Waals surface area (Å²) in [7, 11) is 0. The van der Waals surface area contributed by atoms with Gasteiger partial charge in [0.2, 0.25) is 0 Å². The van der Waals surface area contributed by atoms with Gasteiger partial charge in [-0.05, 0) is 41.8 Å². The second-order valence-corrected chi connectivity index (χ2v) is 9.30. The van der Waals surface area contributed by atoms with Crippen LogP contribution >= 0.6 is 23.4 Å². The number of aromatic nitrogens is 1. The van der Waals surface area contributed by atoms with E-state index in [-0.39, 0.29) is 11.5 Å². The van der Waals surface area contributed by atoms with Crippen LogP contribution in [-0.2, 0) is 13.0 Å². The highest BCUT2D eigenvalue weighted by Gasteiger charge is 2.34. The summed E-state index contributed by atoms with van der Waals surface area (Å²) in [6.07, 6.45) is 2.74. The summed E-state index contributed by atoms with van der Waals surface area (Å²) in [5, 5.41) is 7.87. The van der Waals surface area contributed by atoms with Crippen LogP contribution in [0.1, 0.15) is 11.1 Å². The summed E-state index contributed by atoms with van der Waals surface area (Å²) in [5.74, 6) is 0. The first-order valence-electron chi connectivity index (χ1n) is 10.8. The molecule has 0 bridgehead atoms. The number of aromatic amines is 1. The smallest absolute Gasteiger partial charge is 0.317 e. The Morgan fingerprint density at radius 3 is 2.76 bits per heavy atom. The predicted molar refractivity (Wildman–Crippen MR) is 136 cm³/mol. The number of para-hydroxylation sites is 3. The maximum atomic E-state index is 12.8. The summed E-state index contributed by atoms with van der Waals surface area (Å²) in [4.78, 5) is 19.2. The highest BCUT2D eigenvalue weighted by molar-refractivity contribution is 8.00. The van der Waals surface area contributed by atoms with E-state index in [1.165, 1.54) is 10.9 Å². The molecule has 168 valence electrons. The van der Waals surface area contributed by atoms with Crippen molar-refractivity contribution in [3.8, 4) is 0 Å². The Morgan fingerprint density at radius 1 is 1.06 bits per heavy atom. The molecule has 0 fully saturated rings. The van der Waals surface area contributed by atoms with Gasteiger partial charge in [0.05, 0.1) is 16.4 Å². The van der Waals surface area contributed by atoms with Crippen LogP contribution < -0.4 is 21.3 Å². The number of hydrogen-bond acceptors (Lipinski definition) is 4. The molecule has 8 heteroatoms. The molecule has 1 aromatic heterocycles. The second kappa shape index (κ2) is 9.39. The number of carbonyl (C=O) groups excluding carboxylic acids is 1. The standard InChI is InChI=1S/C25H24ClN5OS/c26-19-8-5-6-16(14-27)23(19)31-21-10-3-4-11-22(21)33-25(31)30-24(32)28-13-12-17-15-29-20-9-2-1-7-18(17)20/h1-11,15,25,29H,12-14,27H2,(H2,28,30,32). The number of benzene rings is 3. The maximum absolute atomic E-state index is 12.8. The molecule has 2 amide bonds. The van der Waals surface area contributed by atoms with Gasteiger partial charge in [-0.2, -0.15) is 0 Å². The molecule has 4 aromatic rings. The van der Waals surface area contributed by atoms with Crippen LogP contribution in [0, 0.1) is 0 Å². The molecule has 2 heterocycles. The Hall–Kier alpha value is -3.13. The molecule has 5 rings (SSSR count). The molecule has 0 saturated heterocycles. The van der Waals surface area contributed by atoms with E-state index in [0.29, 0.717) is 18.1 Å². The minimum absolute atomic E-state index is 0.230. The number of urea groups is 1. The van der Waals surface area contributed by atoms with E-state index < -0.39 is 0 Å². The van der Waals surface area contributed by atoms with Crippen molar-refractivity contribution in [2.24, 2.45) is 5.73 Å². The fraction of sp³-hybridized carbons (Fsp3) is 0.160. The summed E-state index contributed by atoms with van der Waals surface area (Å²) >= 11 is 8.19. The maximum Gasteiger partial charge on any atom is 0.317 e. The van der Waals surface area contributed by atoms with Gasteiger partial charge in [0.1, 0.15) is 0 Å². The number of fused-ring (bicyclic) bond motifs is 2. The van der Waals surface area contributed by atoms with Crippen molar-refractivity contribution < 1.29 is 4.79 Å². The summed E-state index contributed by atoms with van der Waals surface area (Å²) < 4.78 is 0. The Labute approximate surface area is 201 Å². The van der Waals surface area contributed by atoms with Gasteiger partial charge in [-0.1, -0.05) is 65.8 Å². The number of thioether (sulfide) groups is 1. The quantitative estimate of drug-likeness (QED) is 0.301. The summed E-state index contributed by atoms with van der Waals surface area (Å²) in [5.41, 5.74) is 10.7. The molecular formula is C25H24ClN5OS. The number of anilines is 2. The average molecular weight is 478 g/mol. The predicted octanol–water partition coefficient (Wildman–Crippen LogP) is 5.35. The third-order valence-corrected chi connectivity index (χ3v) is 7.19. The second-order valence-electron chi connectivity index (χ2n) is 7.77. The third-order valence-electron chi connectivity index (χ3n) is 5.74. The van der Waals surface area contributed by atoms with Crippen LogP contribution in [0.15, 0.2) is 77.8 Å². The molecule has 0 radical (unpaired) electrons. The van der Waals surface area contributed by atoms with Crippen LogP contribution in [0.4, 0.5) is 16.2 Å². The van der Waals surface area contributed by atoms with E-state index >= 15 is 0 Å². The summed E-state index contributed by atoms with van der Waals surface area (Å²) in [6.45, 7) is 0.876. The lowest BCUT2D eigenvalue weighted by Gasteiger charge is -2.30. The molecule has 33 heavy (non-hydrogen) atoms. The zero-order valence-corrected chi connectivity index (χ0v) is 19.4. The van der Waals surface area contributed by atoms with Crippen LogP contribution in [0.5, 0.6) is 0 Å². The van der Waals surface area contributed by atoms with E-state index in [1.807, 2.05) is 66.9 Å². The van der Waals surface area contributed by atoms with Crippen LogP contribution in [0.3, 0.4) is 0 Å². The molecule has 1 unspecified atom stereocenters. The fourth-order valence-electron chi connectivity index (χ4n) is 4.19. The average Bonchev–Trinajstić information content (AvgIpc) is 3.40. The first-order valence-corrected chi connectivity index (χ1v) is 12.0. The Kier molecular flexibility index (Phi) is 6.17. The number of H-pyrrole nitrogens is 1. The van der Waals surface area contributed by atoms with E-state index in [1.54, 1.807) is 11.8 Å². The third kappa shape index (κ3) is 4.27. The molecular weight excluding hydrogens is 454 g/mol. The first-order chi connectivity index (χ1) is 16.2. The molecule has 1 aliphatic rings. The molecule has 0 aliphatic carbocycles. The number of amides is 2. The van der Waals surface area contributed by atoms with Crippen molar-refractivity contribution in [2.75, 3.05) is 11.4 Å². The molecule has 1 atom stereocenters. The van der Waals surface area contributed by atoms with E-state index in [2.05, 4.69) is 26.6 Å². The monoisotopic (exact) mass is 477 g/mol. The summed E-state index contributed by atoms with van der Waals surface area (Å²) in [6, 6.07) is 21.7. The normalized spacial score (nSPS) is 15.0. The van der Waals surface area contributed by atoms with E-state index in [0.717, 1.165) is 33.8 Å². The minimum Gasteiger partial charge on any atom is -0.361 e. The van der Waals surface area contributed by atoms with Crippen molar-refractivity contribution in [3.63, 3.8) is 0 Å². The fourth-order valence-corrected chi connectivity index (χ4v) is 5.65. The van der Waals surface area contributed by atoms with Crippen molar-refractivity contribution in [3.05, 3.63) is 89.1 Å². The SMILES string of the molecule is NCc1cccc(Cl)c1N1c2ccccc2SC1NC(=O)NCCc1c[nH]c2ccccc12. The van der Waals surface area contributed by atoms with Gasteiger partial charge in [0.15, 0.2) is 5.50 Å². The molecule has 6 nitrogen and oxygen atoms in total. The molecule has 0 saturated carbocycles. The molecule has 3 aromatic carbocycles. The minimum atomic E-state index is -0.347. The lowest BCUT2D eigenvalue weighted by atomic mass is 10.1. The Balaban J connectivity index is 1.31. The molecule has 0 spiro atoms. The number of nitrogens with one attached hydrogen (secondary N) is 3. The number of carbonyl (C=O) groups is 1. The van der Waals surface area contributed by atoms with Gasteiger partial charge < -0.3 is 26.3 Å². The largest absolute Gasteiger partial charge is 0.361 e. The zero-order chi connectivity index (χ0) is 22.8. The van der Waals surface area contributed by atoms with Gasteiger partial charge in [0.25, 0.3) is 0 Å². The van der Waals surface area contributed by atoms with Gasteiger partial charge in [0, 0.05) is 35.1 Å². The van der Waals surface area contributed by atoms with Crippen molar-refractivity contribution in [1.82, 2.24) is 15.6 Å². The van der Waals surface area contributed by atoms with Crippen LogP contribution in [-0.4, -0.2) is 23.1 Å². The Morgan fingerprint density at radius 2 is 1.88 bits per heavy atom.